The molecule has 1 atom stereocenters. The highest BCUT2D eigenvalue weighted by atomic mass is 32.1. The van der Waals surface area contributed by atoms with Gasteiger partial charge in [-0.05, 0) is 25.0 Å². The first kappa shape index (κ1) is 17.2. The average molecular weight is 312 g/mol. The number of aryl methyl sites for hydroxylation is 1. The Balaban J connectivity index is 2.49. The fraction of sp³-hybridized carbons (Fsp3) is 0.500. The molecular weight excluding hydrogens is 292 g/mol. The maximum absolute atomic E-state index is 11.8. The van der Waals surface area contributed by atoms with E-state index in [4.69, 9.17) is 0 Å². The van der Waals surface area contributed by atoms with Crippen molar-refractivity contribution in [3.05, 3.63) is 21.9 Å². The van der Waals surface area contributed by atoms with Gasteiger partial charge in [0.15, 0.2) is 0 Å². The lowest BCUT2D eigenvalue weighted by atomic mass is 10.0. The minimum Gasteiger partial charge on any atom is -0.467 e. The van der Waals surface area contributed by atoms with Crippen LogP contribution in [0.1, 0.15) is 28.4 Å². The first-order valence-electron chi connectivity index (χ1n) is 6.57. The zero-order valence-corrected chi connectivity index (χ0v) is 13.4. The summed E-state index contributed by atoms with van der Waals surface area (Å²) in [4.78, 5) is 36.7. The lowest BCUT2D eigenvalue weighted by Gasteiger charge is -2.19. The number of nitrogens with one attached hydrogen (secondary N) is 2. The minimum absolute atomic E-state index is 0.1000. The van der Waals surface area contributed by atoms with E-state index in [1.54, 1.807) is 19.9 Å². The summed E-state index contributed by atoms with van der Waals surface area (Å²) in [6.07, 6.45) is 0. The molecule has 0 bridgehead atoms. The molecule has 0 aliphatic heterocycles. The summed E-state index contributed by atoms with van der Waals surface area (Å²) < 4.78 is 4.63. The minimum atomic E-state index is -0.719. The average Bonchev–Trinajstić information content (AvgIpc) is 2.87. The molecule has 116 valence electrons. The Bertz CT molecular complexity index is 525. The molecule has 0 aliphatic carbocycles. The van der Waals surface area contributed by atoms with E-state index < -0.39 is 17.9 Å². The molecule has 0 fully saturated rings. The van der Waals surface area contributed by atoms with Gasteiger partial charge in [0, 0.05) is 4.88 Å². The lowest BCUT2D eigenvalue weighted by molar-refractivity contribution is -0.146. The van der Waals surface area contributed by atoms with Crippen LogP contribution in [0.2, 0.25) is 0 Å². The standard InChI is InChI=1S/C14H20N2O4S/c1-8(2)12(14(19)20-4)16-11(17)7-15-13(18)10-6-5-9(3)21-10/h5-6,8,12H,7H2,1-4H3,(H,15,18)(H,16,17). The maximum atomic E-state index is 11.8. The van der Waals surface area contributed by atoms with Crippen LogP contribution < -0.4 is 10.6 Å². The van der Waals surface area contributed by atoms with Gasteiger partial charge in [-0.15, -0.1) is 11.3 Å². The van der Waals surface area contributed by atoms with Crippen molar-refractivity contribution in [2.24, 2.45) is 5.92 Å². The van der Waals surface area contributed by atoms with E-state index in [2.05, 4.69) is 15.4 Å². The van der Waals surface area contributed by atoms with Gasteiger partial charge < -0.3 is 15.4 Å². The summed E-state index contributed by atoms with van der Waals surface area (Å²) in [5, 5.41) is 5.07. The second-order valence-corrected chi connectivity index (χ2v) is 6.19. The number of carbonyl (C=O) groups is 3. The van der Waals surface area contributed by atoms with Crippen LogP contribution >= 0.6 is 11.3 Å². The third kappa shape index (κ3) is 5.18. The number of hydrogen-bond donors (Lipinski definition) is 2. The molecule has 6 nitrogen and oxygen atoms in total. The van der Waals surface area contributed by atoms with Gasteiger partial charge >= 0.3 is 5.97 Å². The molecule has 0 aliphatic rings. The molecule has 1 aromatic rings. The number of carbonyl (C=O) groups excluding carboxylic acids is 3. The predicted octanol–water partition coefficient (Wildman–Crippen LogP) is 1.10. The van der Waals surface area contributed by atoms with Crippen molar-refractivity contribution in [3.63, 3.8) is 0 Å². The van der Waals surface area contributed by atoms with E-state index >= 15 is 0 Å². The highest BCUT2D eigenvalue weighted by Crippen LogP contribution is 2.14. The summed E-state index contributed by atoms with van der Waals surface area (Å²) in [5.41, 5.74) is 0. The van der Waals surface area contributed by atoms with Gasteiger partial charge in [0.05, 0.1) is 18.5 Å². The highest BCUT2D eigenvalue weighted by Gasteiger charge is 2.24. The molecule has 1 aromatic heterocycles. The van der Waals surface area contributed by atoms with E-state index in [-0.39, 0.29) is 18.4 Å². The van der Waals surface area contributed by atoms with Crippen molar-refractivity contribution in [1.29, 1.82) is 0 Å². The fourth-order valence-electron chi connectivity index (χ4n) is 1.65. The molecule has 2 amide bonds. The first-order chi connectivity index (χ1) is 9.85. The molecule has 1 rings (SSSR count). The molecule has 0 spiro atoms. The maximum Gasteiger partial charge on any atom is 0.328 e. The molecule has 1 unspecified atom stereocenters. The first-order valence-corrected chi connectivity index (χ1v) is 7.38. The Morgan fingerprint density at radius 3 is 2.43 bits per heavy atom. The van der Waals surface area contributed by atoms with Crippen molar-refractivity contribution in [1.82, 2.24) is 10.6 Å². The lowest BCUT2D eigenvalue weighted by Crippen LogP contribution is -2.48. The number of rotatable bonds is 6. The number of esters is 1. The fourth-order valence-corrected chi connectivity index (χ4v) is 2.44. The van der Waals surface area contributed by atoms with Crippen molar-refractivity contribution in [2.45, 2.75) is 26.8 Å². The second kappa shape index (κ2) is 7.78. The van der Waals surface area contributed by atoms with Gasteiger partial charge in [-0.1, -0.05) is 13.8 Å². The van der Waals surface area contributed by atoms with Gasteiger partial charge in [0.2, 0.25) is 5.91 Å². The molecule has 0 saturated heterocycles. The Morgan fingerprint density at radius 1 is 1.29 bits per heavy atom. The van der Waals surface area contributed by atoms with Crippen LogP contribution in [0.25, 0.3) is 0 Å². The number of methoxy groups -OCH3 is 1. The number of thiophene rings is 1. The molecule has 0 saturated carbocycles. The largest absolute Gasteiger partial charge is 0.467 e. The van der Waals surface area contributed by atoms with Crippen molar-refractivity contribution < 1.29 is 19.1 Å². The van der Waals surface area contributed by atoms with Crippen LogP contribution in [-0.4, -0.2) is 37.5 Å². The van der Waals surface area contributed by atoms with Crippen molar-refractivity contribution in [2.75, 3.05) is 13.7 Å². The Morgan fingerprint density at radius 2 is 1.95 bits per heavy atom. The van der Waals surface area contributed by atoms with Gasteiger partial charge in [0.1, 0.15) is 6.04 Å². The zero-order chi connectivity index (χ0) is 16.0. The molecule has 7 heteroatoms. The Kier molecular flexibility index (Phi) is 6.36. The number of ether oxygens (including phenoxy) is 1. The SMILES string of the molecule is COC(=O)C(NC(=O)CNC(=O)c1ccc(C)s1)C(C)C. The zero-order valence-electron chi connectivity index (χ0n) is 12.6. The number of hydrogen-bond acceptors (Lipinski definition) is 5. The van der Waals surface area contributed by atoms with Gasteiger partial charge in [-0.2, -0.15) is 0 Å². The molecule has 2 N–H and O–H groups in total. The van der Waals surface area contributed by atoms with E-state index in [0.717, 1.165) is 4.88 Å². The van der Waals surface area contributed by atoms with Gasteiger partial charge in [0.25, 0.3) is 5.91 Å². The molecule has 21 heavy (non-hydrogen) atoms. The predicted molar refractivity (Wildman–Crippen MR) is 80.2 cm³/mol. The highest BCUT2D eigenvalue weighted by molar-refractivity contribution is 7.13. The summed E-state index contributed by atoms with van der Waals surface area (Å²) in [6, 6.07) is 2.83. The van der Waals surface area contributed by atoms with E-state index in [9.17, 15) is 14.4 Å². The summed E-state index contributed by atoms with van der Waals surface area (Å²) in [6.45, 7) is 5.32. The Labute approximate surface area is 127 Å². The van der Waals surface area contributed by atoms with E-state index in [0.29, 0.717) is 4.88 Å². The van der Waals surface area contributed by atoms with Crippen molar-refractivity contribution in [3.8, 4) is 0 Å². The summed E-state index contributed by atoms with van der Waals surface area (Å²) in [7, 11) is 1.27. The van der Waals surface area contributed by atoms with Crippen LogP contribution in [0.3, 0.4) is 0 Å². The third-order valence-electron chi connectivity index (χ3n) is 2.81. The monoisotopic (exact) mass is 312 g/mol. The van der Waals surface area contributed by atoms with Crippen molar-refractivity contribution >= 4 is 29.1 Å². The number of amides is 2. The Hall–Kier alpha value is -1.89. The quantitative estimate of drug-likeness (QED) is 0.770. The molecule has 1 heterocycles. The van der Waals surface area contributed by atoms with Crippen LogP contribution in [0, 0.1) is 12.8 Å². The van der Waals surface area contributed by atoms with Crippen LogP contribution in [0.4, 0.5) is 0 Å². The van der Waals surface area contributed by atoms with Crippen LogP contribution in [0.5, 0.6) is 0 Å². The normalized spacial score (nSPS) is 11.9. The van der Waals surface area contributed by atoms with E-state index in [1.165, 1.54) is 18.4 Å². The van der Waals surface area contributed by atoms with E-state index in [1.807, 2.05) is 13.0 Å². The summed E-state index contributed by atoms with van der Waals surface area (Å²) >= 11 is 1.36. The smallest absolute Gasteiger partial charge is 0.328 e. The molecule has 0 aromatic carbocycles. The topological polar surface area (TPSA) is 84.5 Å². The van der Waals surface area contributed by atoms with Crippen LogP contribution in [-0.2, 0) is 14.3 Å². The summed E-state index contributed by atoms with van der Waals surface area (Å²) in [5.74, 6) is -1.33. The van der Waals surface area contributed by atoms with Crippen LogP contribution in [0.15, 0.2) is 12.1 Å². The third-order valence-corrected chi connectivity index (χ3v) is 3.81. The molecule has 0 radical (unpaired) electrons. The van der Waals surface area contributed by atoms with Gasteiger partial charge in [-0.25, -0.2) is 4.79 Å². The molecular formula is C14H20N2O4S. The second-order valence-electron chi connectivity index (χ2n) is 4.91. The van der Waals surface area contributed by atoms with Gasteiger partial charge in [-0.3, -0.25) is 9.59 Å².